The molecule has 8 nitrogen and oxygen atoms in total. The summed E-state index contributed by atoms with van der Waals surface area (Å²) in [5.41, 5.74) is -0.882. The minimum absolute atomic E-state index is 0.165. The molecule has 1 N–H and O–H groups in total. The van der Waals surface area contributed by atoms with Gasteiger partial charge in [-0.25, -0.2) is 4.79 Å². The number of aromatic nitrogens is 1. The first-order valence-electron chi connectivity index (χ1n) is 4.96. The van der Waals surface area contributed by atoms with Crippen molar-refractivity contribution in [1.29, 1.82) is 0 Å². The number of hydrogen-bond acceptors (Lipinski definition) is 7. The quantitative estimate of drug-likeness (QED) is 0.512. The lowest BCUT2D eigenvalue weighted by Crippen LogP contribution is -2.20. The molecule has 0 bridgehead atoms. The number of hydrogen-bond donors (Lipinski definition) is 1. The lowest BCUT2D eigenvalue weighted by Gasteiger charge is -2.12. The van der Waals surface area contributed by atoms with Gasteiger partial charge in [-0.05, 0) is 16.8 Å². The van der Waals surface area contributed by atoms with Crippen molar-refractivity contribution in [2.24, 2.45) is 0 Å². The number of ether oxygens (including phenoxy) is 2. The first-order valence-corrected chi connectivity index (χ1v) is 4.96. The summed E-state index contributed by atoms with van der Waals surface area (Å²) in [6, 6.07) is 0. The molecular weight excluding hydrogens is 289 g/mol. The summed E-state index contributed by atoms with van der Waals surface area (Å²) in [5, 5.41) is 19.9. The van der Waals surface area contributed by atoms with Crippen molar-refractivity contribution in [3.8, 4) is 11.5 Å². The van der Waals surface area contributed by atoms with Gasteiger partial charge in [-0.15, -0.1) is 13.2 Å². The monoisotopic (exact) mass is 296 g/mol. The van der Waals surface area contributed by atoms with Crippen molar-refractivity contribution >= 4 is 11.8 Å². The zero-order valence-electron chi connectivity index (χ0n) is 9.80. The molecule has 0 aliphatic rings. The second-order valence-electron chi connectivity index (χ2n) is 3.20. The van der Waals surface area contributed by atoms with Crippen molar-refractivity contribution in [3.05, 3.63) is 21.9 Å². The van der Waals surface area contributed by atoms with E-state index in [1.165, 1.54) is 6.92 Å². The maximum absolute atomic E-state index is 12.2. The Hall–Kier alpha value is -2.59. The van der Waals surface area contributed by atoms with E-state index in [0.717, 1.165) is 0 Å². The maximum Gasteiger partial charge on any atom is 0.573 e. The molecule has 0 spiro atoms. The second kappa shape index (κ2) is 5.59. The van der Waals surface area contributed by atoms with Crippen LogP contribution < -0.4 is 4.74 Å². The van der Waals surface area contributed by atoms with Crippen LogP contribution in [0.4, 0.5) is 19.0 Å². The van der Waals surface area contributed by atoms with Crippen LogP contribution in [0.5, 0.6) is 11.5 Å². The van der Waals surface area contributed by atoms with Crippen molar-refractivity contribution in [3.63, 3.8) is 0 Å². The zero-order chi connectivity index (χ0) is 15.5. The number of carbonyl (C=O) groups is 1. The molecule has 11 heteroatoms. The number of rotatable bonds is 4. The lowest BCUT2D eigenvalue weighted by molar-refractivity contribution is -0.390. The van der Waals surface area contributed by atoms with Gasteiger partial charge in [0.15, 0.2) is 11.9 Å². The summed E-state index contributed by atoms with van der Waals surface area (Å²) in [6.07, 6.45) is -4.81. The number of nitro groups is 1. The van der Waals surface area contributed by atoms with Crippen LogP contribution in [0, 0.1) is 10.1 Å². The molecule has 0 fully saturated rings. The highest BCUT2D eigenvalue weighted by molar-refractivity contribution is 5.93. The van der Waals surface area contributed by atoms with Crippen LogP contribution >= 0.6 is 0 Å². The molecule has 20 heavy (non-hydrogen) atoms. The van der Waals surface area contributed by atoms with Crippen LogP contribution in [0.15, 0.2) is 6.20 Å². The van der Waals surface area contributed by atoms with Gasteiger partial charge >= 0.3 is 18.1 Å². The Morgan fingerprint density at radius 2 is 2.15 bits per heavy atom. The molecule has 0 amide bonds. The number of carbonyl (C=O) groups excluding carboxylic acids is 1. The van der Waals surface area contributed by atoms with E-state index in [1.807, 2.05) is 0 Å². The third-order valence-electron chi connectivity index (χ3n) is 1.87. The van der Waals surface area contributed by atoms with E-state index in [0.29, 0.717) is 6.20 Å². The van der Waals surface area contributed by atoms with Crippen molar-refractivity contribution in [2.45, 2.75) is 13.3 Å². The molecule has 0 saturated carbocycles. The third-order valence-corrected chi connectivity index (χ3v) is 1.87. The van der Waals surface area contributed by atoms with Gasteiger partial charge in [0.05, 0.1) is 6.61 Å². The van der Waals surface area contributed by atoms with E-state index in [-0.39, 0.29) is 6.61 Å². The van der Waals surface area contributed by atoms with Gasteiger partial charge in [0.25, 0.3) is 5.75 Å². The average molecular weight is 296 g/mol. The fraction of sp³-hybridized carbons (Fsp3) is 0.333. The van der Waals surface area contributed by atoms with E-state index >= 15 is 0 Å². The largest absolute Gasteiger partial charge is 0.573 e. The minimum atomic E-state index is -5.27. The minimum Gasteiger partial charge on any atom is -0.498 e. The van der Waals surface area contributed by atoms with Crippen LogP contribution in [-0.4, -0.2) is 34.0 Å². The standard InChI is InChI=1S/C9H7F3N2O6/c1-2-19-8(16)4-3-13-7(14(17)18)5(15)6(4)20-9(10,11)12/h3,15H,2H2,1H3. The van der Waals surface area contributed by atoms with Crippen molar-refractivity contribution < 1.29 is 37.5 Å². The molecule has 1 heterocycles. The predicted molar refractivity (Wildman–Crippen MR) is 55.2 cm³/mol. The fourth-order valence-corrected chi connectivity index (χ4v) is 1.18. The van der Waals surface area contributed by atoms with Gasteiger partial charge in [-0.2, -0.15) is 0 Å². The summed E-state index contributed by atoms with van der Waals surface area (Å²) in [4.78, 5) is 23.7. The number of nitrogens with zero attached hydrogens (tertiary/aromatic N) is 2. The smallest absolute Gasteiger partial charge is 0.498 e. The average Bonchev–Trinajstić information content (AvgIpc) is 2.29. The number of alkyl halides is 3. The molecule has 110 valence electrons. The first kappa shape index (κ1) is 15.5. The third kappa shape index (κ3) is 3.46. The summed E-state index contributed by atoms with van der Waals surface area (Å²) < 4.78 is 44.5. The fourth-order valence-electron chi connectivity index (χ4n) is 1.18. The van der Waals surface area contributed by atoms with E-state index < -0.39 is 40.1 Å². The Kier molecular flexibility index (Phi) is 4.32. The van der Waals surface area contributed by atoms with Crippen LogP contribution in [0.1, 0.15) is 17.3 Å². The van der Waals surface area contributed by atoms with E-state index in [2.05, 4.69) is 14.5 Å². The van der Waals surface area contributed by atoms with Gasteiger partial charge < -0.3 is 24.7 Å². The molecule has 0 aliphatic heterocycles. The number of esters is 1. The molecule has 0 saturated heterocycles. The van der Waals surface area contributed by atoms with Crippen molar-refractivity contribution in [1.82, 2.24) is 4.98 Å². The summed E-state index contributed by atoms with van der Waals surface area (Å²) in [5.74, 6) is -5.50. The Balaban J connectivity index is 3.41. The summed E-state index contributed by atoms with van der Waals surface area (Å²) >= 11 is 0. The Labute approximate surface area is 108 Å². The number of pyridine rings is 1. The molecule has 1 rings (SSSR count). The molecule has 1 aromatic rings. The van der Waals surface area contributed by atoms with Gasteiger partial charge in [0.2, 0.25) is 0 Å². The Morgan fingerprint density at radius 3 is 2.60 bits per heavy atom. The Bertz CT molecular complexity index is 545. The van der Waals surface area contributed by atoms with Crippen LogP contribution in [0.2, 0.25) is 0 Å². The first-order chi connectivity index (χ1) is 9.17. The van der Waals surface area contributed by atoms with Gasteiger partial charge in [-0.3, -0.25) is 0 Å². The zero-order valence-corrected chi connectivity index (χ0v) is 9.80. The molecule has 0 atom stereocenters. The SMILES string of the molecule is CCOC(=O)c1cnc([N+](=O)[O-])c(O)c1OC(F)(F)F. The van der Waals surface area contributed by atoms with Gasteiger partial charge in [0, 0.05) is 0 Å². The highest BCUT2D eigenvalue weighted by Gasteiger charge is 2.38. The molecule has 0 aromatic carbocycles. The van der Waals surface area contributed by atoms with Crippen LogP contribution in [0.3, 0.4) is 0 Å². The molecular formula is C9H7F3N2O6. The molecule has 0 unspecified atom stereocenters. The second-order valence-corrected chi connectivity index (χ2v) is 3.20. The van der Waals surface area contributed by atoms with E-state index in [4.69, 9.17) is 0 Å². The summed E-state index contributed by atoms with van der Waals surface area (Å²) in [6.45, 7) is 1.23. The van der Waals surface area contributed by atoms with Crippen LogP contribution in [-0.2, 0) is 4.74 Å². The predicted octanol–water partition coefficient (Wildman–Crippen LogP) is 1.77. The van der Waals surface area contributed by atoms with Crippen LogP contribution in [0.25, 0.3) is 0 Å². The van der Waals surface area contributed by atoms with E-state index in [9.17, 15) is 33.2 Å². The normalized spacial score (nSPS) is 11.0. The summed E-state index contributed by atoms with van der Waals surface area (Å²) in [7, 11) is 0. The highest BCUT2D eigenvalue weighted by Crippen LogP contribution is 2.39. The molecule has 1 aromatic heterocycles. The van der Waals surface area contributed by atoms with E-state index in [1.54, 1.807) is 0 Å². The molecule has 0 aliphatic carbocycles. The van der Waals surface area contributed by atoms with Gasteiger partial charge in [-0.1, -0.05) is 0 Å². The number of aromatic hydroxyl groups is 1. The Morgan fingerprint density at radius 1 is 1.55 bits per heavy atom. The van der Waals surface area contributed by atoms with Crippen molar-refractivity contribution in [2.75, 3.05) is 6.61 Å². The highest BCUT2D eigenvalue weighted by atomic mass is 19.4. The number of halogens is 3. The molecule has 0 radical (unpaired) electrons. The lowest BCUT2D eigenvalue weighted by atomic mass is 10.2. The topological polar surface area (TPSA) is 112 Å². The maximum atomic E-state index is 12.2. The van der Waals surface area contributed by atoms with Gasteiger partial charge in [0.1, 0.15) is 5.56 Å².